The van der Waals surface area contributed by atoms with Gasteiger partial charge in [-0.2, -0.15) is 31.4 Å². The number of nitrogens with zero attached hydrogens (tertiary/aromatic N) is 5. The van der Waals surface area contributed by atoms with Crippen LogP contribution in [-0.2, 0) is 12.4 Å². The average Bonchev–Trinajstić information content (AvgIpc) is 3.17. The molecule has 0 radical (unpaired) electrons. The summed E-state index contributed by atoms with van der Waals surface area (Å²) in [6, 6.07) is 5.00. The Balaban J connectivity index is 2.14. The first kappa shape index (κ1) is 17.3. The first-order chi connectivity index (χ1) is 12.6. The number of imidazole rings is 1. The average molecular weight is 385 g/mol. The summed E-state index contributed by atoms with van der Waals surface area (Å²) >= 11 is 0. The molecule has 4 aromatic rings. The van der Waals surface area contributed by atoms with E-state index in [1.54, 1.807) is 25.1 Å². The number of aromatic nitrogens is 5. The summed E-state index contributed by atoms with van der Waals surface area (Å²) in [6.07, 6.45) is -7.15. The van der Waals surface area contributed by atoms with Crippen LogP contribution in [0.25, 0.3) is 22.2 Å². The first-order valence-corrected chi connectivity index (χ1v) is 7.53. The molecule has 0 saturated heterocycles. The standard InChI is InChI=1S/C16H9F6N5/c1-8-3-2-4-9-5-24-27(11(8)9)12-13(16(20,21)22)23-7-26-6-10(15(17,18)19)25-14(12)26/h2-7H,1H3. The zero-order valence-corrected chi connectivity index (χ0v) is 13.5. The van der Waals surface area contributed by atoms with Crippen molar-refractivity contribution >= 4 is 16.6 Å². The molecule has 0 saturated carbocycles. The Morgan fingerprint density at radius 1 is 1.00 bits per heavy atom. The fourth-order valence-electron chi connectivity index (χ4n) is 2.91. The van der Waals surface area contributed by atoms with Crippen molar-refractivity contribution in [2.75, 3.05) is 0 Å². The summed E-state index contributed by atoms with van der Waals surface area (Å²) in [6.45, 7) is 1.66. The van der Waals surface area contributed by atoms with E-state index in [0.717, 1.165) is 9.08 Å². The summed E-state index contributed by atoms with van der Waals surface area (Å²) in [5.74, 6) is 0. The zero-order chi connectivity index (χ0) is 19.6. The van der Waals surface area contributed by atoms with E-state index in [0.29, 0.717) is 29.0 Å². The summed E-state index contributed by atoms with van der Waals surface area (Å²) in [5, 5.41) is 4.50. The fourth-order valence-corrected chi connectivity index (χ4v) is 2.91. The maximum absolute atomic E-state index is 13.5. The molecule has 0 aliphatic rings. The lowest BCUT2D eigenvalue weighted by Crippen LogP contribution is -2.16. The Bertz CT molecular complexity index is 1170. The van der Waals surface area contributed by atoms with E-state index in [9.17, 15) is 26.3 Å². The third kappa shape index (κ3) is 2.69. The summed E-state index contributed by atoms with van der Waals surface area (Å²) in [4.78, 5) is 6.72. The Morgan fingerprint density at radius 2 is 1.74 bits per heavy atom. The van der Waals surface area contributed by atoms with E-state index in [1.165, 1.54) is 6.20 Å². The molecule has 0 unspecified atom stereocenters. The monoisotopic (exact) mass is 385 g/mol. The molecule has 1 aromatic carbocycles. The minimum Gasteiger partial charge on any atom is -0.288 e. The predicted molar refractivity (Wildman–Crippen MR) is 82.4 cm³/mol. The van der Waals surface area contributed by atoms with Gasteiger partial charge < -0.3 is 0 Å². The van der Waals surface area contributed by atoms with E-state index >= 15 is 0 Å². The number of hydrogen-bond acceptors (Lipinski definition) is 3. The van der Waals surface area contributed by atoms with Crippen LogP contribution < -0.4 is 0 Å². The van der Waals surface area contributed by atoms with E-state index in [2.05, 4.69) is 15.1 Å². The maximum Gasteiger partial charge on any atom is 0.435 e. The van der Waals surface area contributed by atoms with Crippen LogP contribution in [-0.4, -0.2) is 24.1 Å². The second-order valence-electron chi connectivity index (χ2n) is 5.86. The molecule has 27 heavy (non-hydrogen) atoms. The molecule has 0 aliphatic carbocycles. The van der Waals surface area contributed by atoms with E-state index < -0.39 is 35.1 Å². The van der Waals surface area contributed by atoms with Crippen molar-refractivity contribution in [3.05, 3.63) is 53.9 Å². The van der Waals surface area contributed by atoms with Crippen molar-refractivity contribution in [1.29, 1.82) is 0 Å². The molecule has 0 fully saturated rings. The van der Waals surface area contributed by atoms with Crippen LogP contribution >= 0.6 is 0 Å². The fraction of sp³-hybridized carbons (Fsp3) is 0.188. The topological polar surface area (TPSA) is 48.0 Å². The van der Waals surface area contributed by atoms with Crippen molar-refractivity contribution in [2.24, 2.45) is 0 Å². The van der Waals surface area contributed by atoms with Gasteiger partial charge in [0.1, 0.15) is 12.0 Å². The first-order valence-electron chi connectivity index (χ1n) is 7.53. The van der Waals surface area contributed by atoms with Crippen LogP contribution in [0.3, 0.4) is 0 Å². The van der Waals surface area contributed by atoms with Crippen LogP contribution in [0, 0.1) is 6.92 Å². The van der Waals surface area contributed by atoms with Crippen LogP contribution in [0.15, 0.2) is 36.9 Å². The lowest BCUT2D eigenvalue weighted by atomic mass is 10.1. The van der Waals surface area contributed by atoms with Crippen molar-refractivity contribution < 1.29 is 26.3 Å². The lowest BCUT2D eigenvalue weighted by molar-refractivity contribution is -0.141. The third-order valence-electron chi connectivity index (χ3n) is 4.04. The van der Waals surface area contributed by atoms with Gasteiger partial charge in [0, 0.05) is 11.6 Å². The van der Waals surface area contributed by atoms with Gasteiger partial charge in [-0.1, -0.05) is 18.2 Å². The number of halogens is 6. The maximum atomic E-state index is 13.5. The molecule has 0 amide bonds. The van der Waals surface area contributed by atoms with Crippen molar-refractivity contribution in [3.63, 3.8) is 0 Å². The van der Waals surface area contributed by atoms with Crippen LogP contribution in [0.5, 0.6) is 0 Å². The molecular formula is C16H9F6N5. The SMILES string of the molecule is Cc1cccc2cnn(-c3c(C(F)(F)F)ncn4cc(C(F)(F)F)nc34)c12. The number of alkyl halides is 6. The van der Waals surface area contributed by atoms with Gasteiger partial charge in [-0.3, -0.25) is 4.40 Å². The molecule has 4 rings (SSSR count). The molecule has 0 spiro atoms. The van der Waals surface area contributed by atoms with Gasteiger partial charge in [-0.25, -0.2) is 14.6 Å². The third-order valence-corrected chi connectivity index (χ3v) is 4.04. The normalized spacial score (nSPS) is 13.0. The van der Waals surface area contributed by atoms with E-state index in [-0.39, 0.29) is 0 Å². The number of rotatable bonds is 1. The molecule has 11 heteroatoms. The quantitative estimate of drug-likeness (QED) is 0.456. The van der Waals surface area contributed by atoms with Gasteiger partial charge in [0.2, 0.25) is 0 Å². The Hall–Kier alpha value is -3.11. The summed E-state index contributed by atoms with van der Waals surface area (Å²) in [7, 11) is 0. The highest BCUT2D eigenvalue weighted by Crippen LogP contribution is 2.37. The van der Waals surface area contributed by atoms with E-state index in [1.807, 2.05) is 0 Å². The summed E-state index contributed by atoms with van der Waals surface area (Å²) in [5.41, 5.74) is -2.97. The molecule has 0 N–H and O–H groups in total. The zero-order valence-electron chi connectivity index (χ0n) is 13.5. The van der Waals surface area contributed by atoms with Gasteiger partial charge in [-0.15, -0.1) is 0 Å². The number of hydrogen-bond donors (Lipinski definition) is 0. The molecule has 3 aromatic heterocycles. The Labute approximate surface area is 146 Å². The highest BCUT2D eigenvalue weighted by Gasteiger charge is 2.40. The Kier molecular flexibility index (Phi) is 3.49. The van der Waals surface area contributed by atoms with Crippen molar-refractivity contribution in [2.45, 2.75) is 19.3 Å². The van der Waals surface area contributed by atoms with Crippen molar-refractivity contribution in [1.82, 2.24) is 24.1 Å². The number of fused-ring (bicyclic) bond motifs is 2. The van der Waals surface area contributed by atoms with E-state index in [4.69, 9.17) is 0 Å². The van der Waals surface area contributed by atoms with Gasteiger partial charge >= 0.3 is 12.4 Å². The van der Waals surface area contributed by atoms with Crippen LogP contribution in [0.1, 0.15) is 17.0 Å². The predicted octanol–water partition coefficient (Wildman–Crippen LogP) is 4.41. The number of benzene rings is 1. The molecule has 0 bridgehead atoms. The molecular weight excluding hydrogens is 376 g/mol. The number of aryl methyl sites for hydroxylation is 1. The largest absolute Gasteiger partial charge is 0.435 e. The van der Waals surface area contributed by atoms with Gasteiger partial charge in [0.05, 0.1) is 11.7 Å². The second-order valence-corrected chi connectivity index (χ2v) is 5.86. The second kappa shape index (κ2) is 5.44. The number of para-hydroxylation sites is 1. The van der Waals surface area contributed by atoms with Crippen molar-refractivity contribution in [3.8, 4) is 5.69 Å². The molecule has 5 nitrogen and oxygen atoms in total. The molecule has 0 atom stereocenters. The highest BCUT2D eigenvalue weighted by atomic mass is 19.4. The smallest absolute Gasteiger partial charge is 0.288 e. The van der Waals surface area contributed by atoms with Crippen LogP contribution in [0.2, 0.25) is 0 Å². The van der Waals surface area contributed by atoms with Crippen LogP contribution in [0.4, 0.5) is 26.3 Å². The molecule has 3 heterocycles. The van der Waals surface area contributed by atoms with Gasteiger partial charge in [0.25, 0.3) is 0 Å². The van der Waals surface area contributed by atoms with Gasteiger partial charge in [-0.05, 0) is 12.5 Å². The van der Waals surface area contributed by atoms with Gasteiger partial charge in [0.15, 0.2) is 17.0 Å². The molecule has 140 valence electrons. The molecule has 0 aliphatic heterocycles. The summed E-state index contributed by atoms with van der Waals surface area (Å²) < 4.78 is 81.4. The minimum atomic E-state index is -4.91. The lowest BCUT2D eigenvalue weighted by Gasteiger charge is -2.14. The minimum absolute atomic E-state index is 0.328. The highest BCUT2D eigenvalue weighted by molar-refractivity contribution is 5.85. The Morgan fingerprint density at radius 3 is 2.41 bits per heavy atom.